The average Bonchev–Trinajstić information content (AvgIpc) is 2.45. The van der Waals surface area contributed by atoms with Gasteiger partial charge >= 0.3 is 10.3 Å². The van der Waals surface area contributed by atoms with E-state index in [1.54, 1.807) is 24.3 Å². The quantitative estimate of drug-likeness (QED) is 0.617. The van der Waals surface area contributed by atoms with Crippen molar-refractivity contribution < 1.29 is 17.8 Å². The lowest BCUT2D eigenvalue weighted by Gasteiger charge is -2.25. The van der Waals surface area contributed by atoms with Crippen molar-refractivity contribution in [2.24, 2.45) is 0 Å². The van der Waals surface area contributed by atoms with Crippen molar-refractivity contribution in [2.45, 2.75) is 0 Å². The van der Waals surface area contributed by atoms with Gasteiger partial charge in [0, 0.05) is 22.3 Å². The highest BCUT2D eigenvalue weighted by molar-refractivity contribution is 7.85. The van der Waals surface area contributed by atoms with Crippen LogP contribution in [0.5, 0.6) is 0 Å². The third kappa shape index (κ3) is 3.88. The molecule has 128 valence electrons. The Kier molecular flexibility index (Phi) is 5.22. The van der Waals surface area contributed by atoms with E-state index in [1.807, 2.05) is 0 Å². The van der Waals surface area contributed by atoms with Crippen LogP contribution in [0.3, 0.4) is 0 Å². The van der Waals surface area contributed by atoms with Gasteiger partial charge in [-0.1, -0.05) is 29.3 Å². The Hall–Kier alpha value is -1.64. The molecule has 1 amide bonds. The second-order valence-electron chi connectivity index (χ2n) is 5.43. The first-order valence-corrected chi connectivity index (χ1v) is 8.86. The zero-order chi connectivity index (χ0) is 18.1. The number of hydrogen-bond acceptors (Lipinski definition) is 3. The summed E-state index contributed by atoms with van der Waals surface area (Å²) in [5, 5.41) is 3.18. The predicted octanol–water partition coefficient (Wildman–Crippen LogP) is 3.62. The Bertz CT molecular complexity index is 898. The second kappa shape index (κ2) is 6.70. The fraction of sp³-hybridized carbons (Fsp3) is 0.133. The molecule has 0 aliphatic rings. The van der Waals surface area contributed by atoms with E-state index < -0.39 is 20.1 Å². The zero-order valence-corrected chi connectivity index (χ0v) is 15.2. The van der Waals surface area contributed by atoms with Gasteiger partial charge in [-0.25, -0.2) is 4.55 Å². The highest BCUT2D eigenvalue weighted by Crippen LogP contribution is 2.32. The molecule has 6 nitrogen and oxygen atoms in total. The molecule has 0 aromatic heterocycles. The Morgan fingerprint density at radius 1 is 1.12 bits per heavy atom. The molecule has 2 rings (SSSR count). The van der Waals surface area contributed by atoms with Crippen LogP contribution in [0.2, 0.25) is 10.0 Å². The molecule has 0 spiro atoms. The second-order valence-corrected chi connectivity index (χ2v) is 8.08. The summed E-state index contributed by atoms with van der Waals surface area (Å²) in [5.41, 5.74) is 0.888. The molecule has 0 aliphatic carbocycles. The van der Waals surface area contributed by atoms with Gasteiger partial charge in [0.05, 0.1) is 14.1 Å². The standard InChI is InChI=1S/C15H14Cl2N2O4S/c1-19(2,24(21,22)23)14-7-6-10(8-13(14)17)15(20)18-12-5-3-4-11(16)9-12/h3-9H,1-2H3,(H-,18,20,21,22,23)/p+1. The van der Waals surface area contributed by atoms with E-state index in [2.05, 4.69) is 5.32 Å². The van der Waals surface area contributed by atoms with Crippen LogP contribution in [0, 0.1) is 0 Å². The smallest absolute Gasteiger partial charge is 0.322 e. The molecule has 0 saturated heterocycles. The number of hydrogen-bond donors (Lipinski definition) is 2. The number of halogens is 2. The fourth-order valence-electron chi connectivity index (χ4n) is 1.98. The molecule has 0 radical (unpaired) electrons. The molecule has 2 N–H and O–H groups in total. The van der Waals surface area contributed by atoms with Crippen molar-refractivity contribution >= 4 is 50.8 Å². The minimum atomic E-state index is -4.43. The predicted molar refractivity (Wildman–Crippen MR) is 96.0 cm³/mol. The molecule has 0 unspecified atom stereocenters. The first kappa shape index (κ1) is 18.7. The highest BCUT2D eigenvalue weighted by Gasteiger charge is 2.36. The lowest BCUT2D eigenvalue weighted by Crippen LogP contribution is -2.46. The molecule has 2 aromatic rings. The maximum Gasteiger partial charge on any atom is 0.437 e. The Morgan fingerprint density at radius 2 is 1.79 bits per heavy atom. The Balaban J connectivity index is 2.31. The van der Waals surface area contributed by atoms with Crippen molar-refractivity contribution in [1.29, 1.82) is 0 Å². The summed E-state index contributed by atoms with van der Waals surface area (Å²) < 4.78 is 31.4. The number of rotatable bonds is 4. The maximum absolute atomic E-state index is 12.2. The largest absolute Gasteiger partial charge is 0.437 e. The van der Waals surface area contributed by atoms with Crippen LogP contribution in [-0.2, 0) is 10.3 Å². The summed E-state index contributed by atoms with van der Waals surface area (Å²) >= 11 is 12.0. The third-order valence-corrected chi connectivity index (χ3v) is 5.34. The molecule has 0 atom stereocenters. The number of benzene rings is 2. The lowest BCUT2D eigenvalue weighted by atomic mass is 10.1. The van der Waals surface area contributed by atoms with E-state index in [0.717, 1.165) is 0 Å². The number of anilines is 1. The minimum Gasteiger partial charge on any atom is -0.322 e. The number of nitrogens with zero attached hydrogens (tertiary/aromatic N) is 1. The molecular formula is C15H15Cl2N2O4S+. The van der Waals surface area contributed by atoms with Gasteiger partial charge in [0.1, 0.15) is 5.02 Å². The molecule has 2 aromatic carbocycles. The molecule has 9 heteroatoms. The number of amides is 1. The van der Waals surface area contributed by atoms with Crippen LogP contribution in [0.1, 0.15) is 10.4 Å². The molecule has 24 heavy (non-hydrogen) atoms. The number of nitrogens with one attached hydrogen (secondary N) is 1. The molecule has 0 heterocycles. The average molecular weight is 390 g/mol. The molecular weight excluding hydrogens is 375 g/mol. The summed E-state index contributed by atoms with van der Waals surface area (Å²) in [6.07, 6.45) is 0. The van der Waals surface area contributed by atoms with Crippen molar-refractivity contribution in [1.82, 2.24) is 3.89 Å². The summed E-state index contributed by atoms with van der Waals surface area (Å²) in [4.78, 5) is 12.2. The van der Waals surface area contributed by atoms with Crippen molar-refractivity contribution in [3.8, 4) is 0 Å². The number of quaternary nitrogens is 1. The molecule has 0 bridgehead atoms. The monoisotopic (exact) mass is 389 g/mol. The van der Waals surface area contributed by atoms with E-state index in [9.17, 15) is 17.8 Å². The van der Waals surface area contributed by atoms with E-state index in [4.69, 9.17) is 23.2 Å². The van der Waals surface area contributed by atoms with Crippen LogP contribution >= 0.6 is 23.2 Å². The van der Waals surface area contributed by atoms with E-state index in [1.165, 1.54) is 32.3 Å². The Labute approximate surface area is 150 Å². The van der Waals surface area contributed by atoms with Gasteiger partial charge < -0.3 is 5.32 Å². The van der Waals surface area contributed by atoms with Gasteiger partial charge in [-0.2, -0.15) is 3.89 Å². The van der Waals surface area contributed by atoms with Crippen LogP contribution in [0.25, 0.3) is 0 Å². The topological polar surface area (TPSA) is 83.5 Å². The lowest BCUT2D eigenvalue weighted by molar-refractivity contribution is 0.102. The van der Waals surface area contributed by atoms with Gasteiger partial charge in [0.25, 0.3) is 5.91 Å². The van der Waals surface area contributed by atoms with E-state index >= 15 is 0 Å². The van der Waals surface area contributed by atoms with Crippen LogP contribution in [0.15, 0.2) is 42.5 Å². The molecule has 0 fully saturated rings. The number of carbonyl (C=O) groups excluding carboxylic acids is 1. The highest BCUT2D eigenvalue weighted by atomic mass is 35.5. The van der Waals surface area contributed by atoms with Crippen LogP contribution < -0.4 is 9.21 Å². The fourth-order valence-corrected chi connectivity index (χ4v) is 3.02. The maximum atomic E-state index is 12.2. The van der Waals surface area contributed by atoms with Crippen LogP contribution in [-0.4, -0.2) is 33.0 Å². The first-order chi connectivity index (χ1) is 11.0. The van der Waals surface area contributed by atoms with E-state index in [-0.39, 0.29) is 16.3 Å². The Morgan fingerprint density at radius 3 is 2.33 bits per heavy atom. The van der Waals surface area contributed by atoms with Gasteiger partial charge in [-0.15, -0.1) is 8.42 Å². The molecule has 0 aliphatic heterocycles. The van der Waals surface area contributed by atoms with Crippen molar-refractivity contribution in [3.05, 3.63) is 58.1 Å². The first-order valence-electron chi connectivity index (χ1n) is 6.71. The summed E-state index contributed by atoms with van der Waals surface area (Å²) in [7, 11) is -1.89. The number of carbonyl (C=O) groups is 1. The van der Waals surface area contributed by atoms with Gasteiger partial charge in [0.15, 0.2) is 5.69 Å². The SMILES string of the molecule is C[N+](C)(c1ccc(C(=O)Nc2cccc(Cl)c2)cc1Cl)S(=O)(=O)O. The van der Waals surface area contributed by atoms with E-state index in [0.29, 0.717) is 10.7 Å². The van der Waals surface area contributed by atoms with Gasteiger partial charge in [-0.3, -0.25) is 4.79 Å². The van der Waals surface area contributed by atoms with Gasteiger partial charge in [0.2, 0.25) is 0 Å². The summed E-state index contributed by atoms with van der Waals surface area (Å²) in [6.45, 7) is 0. The molecule has 0 saturated carbocycles. The minimum absolute atomic E-state index is 0.0383. The normalized spacial score (nSPS) is 12.0. The summed E-state index contributed by atoms with van der Waals surface area (Å²) in [6, 6.07) is 10.8. The zero-order valence-electron chi connectivity index (χ0n) is 12.8. The van der Waals surface area contributed by atoms with Gasteiger partial charge in [-0.05, 0) is 30.3 Å². The van der Waals surface area contributed by atoms with Crippen molar-refractivity contribution in [2.75, 3.05) is 19.4 Å². The summed E-state index contributed by atoms with van der Waals surface area (Å²) in [5.74, 6) is -0.428. The van der Waals surface area contributed by atoms with Crippen LogP contribution in [0.4, 0.5) is 11.4 Å². The third-order valence-electron chi connectivity index (χ3n) is 3.45. The van der Waals surface area contributed by atoms with Crippen molar-refractivity contribution in [3.63, 3.8) is 0 Å².